The van der Waals surface area contributed by atoms with Crippen LogP contribution in [0.1, 0.15) is 39.0 Å². The van der Waals surface area contributed by atoms with Crippen molar-refractivity contribution in [3.05, 3.63) is 0 Å². The van der Waals surface area contributed by atoms with E-state index in [-0.39, 0.29) is 0 Å². The zero-order valence-electron chi connectivity index (χ0n) is 6.92. The second-order valence-electron chi connectivity index (χ2n) is 2.55. The van der Waals surface area contributed by atoms with Gasteiger partial charge in [-0.05, 0) is 12.8 Å². The molecular formula is C8H15NO2. The van der Waals surface area contributed by atoms with Gasteiger partial charge in [-0.15, -0.1) is 0 Å². The average Bonchev–Trinajstić information content (AvgIpc) is 1.99. The van der Waals surface area contributed by atoms with E-state index in [1.165, 1.54) is 18.9 Å². The van der Waals surface area contributed by atoms with Crippen LogP contribution in [0.15, 0.2) is 4.99 Å². The number of hydrogen-bond donors (Lipinski definition) is 1. The summed E-state index contributed by atoms with van der Waals surface area (Å²) in [6, 6.07) is 0. The monoisotopic (exact) mass is 157 g/mol. The number of aliphatic imine (C=N–C) groups is 1. The van der Waals surface area contributed by atoms with Crippen LogP contribution in [0, 0.1) is 0 Å². The Hall–Kier alpha value is -0.660. The van der Waals surface area contributed by atoms with Crippen molar-refractivity contribution in [1.29, 1.82) is 0 Å². The maximum Gasteiger partial charge on any atom is 0.237 e. The lowest BCUT2D eigenvalue weighted by Gasteiger charge is -2.01. The molecule has 0 aliphatic carbocycles. The van der Waals surface area contributed by atoms with Crippen molar-refractivity contribution in [2.75, 3.05) is 0 Å². The van der Waals surface area contributed by atoms with Crippen LogP contribution in [-0.4, -0.2) is 17.4 Å². The predicted molar refractivity (Wildman–Crippen MR) is 42.9 cm³/mol. The van der Waals surface area contributed by atoms with E-state index in [0.29, 0.717) is 6.42 Å². The van der Waals surface area contributed by atoms with Crippen molar-refractivity contribution in [3.8, 4) is 0 Å². The fraction of sp³-hybridized carbons (Fsp3) is 0.875. The normalized spacial score (nSPS) is 12.2. The van der Waals surface area contributed by atoms with Crippen LogP contribution in [0.4, 0.5) is 0 Å². The molecule has 0 aliphatic rings. The van der Waals surface area contributed by atoms with Crippen LogP contribution in [0.2, 0.25) is 0 Å². The van der Waals surface area contributed by atoms with E-state index in [9.17, 15) is 4.79 Å². The molecule has 0 amide bonds. The average molecular weight is 157 g/mol. The number of nitrogens with zero attached hydrogens (tertiary/aromatic N) is 1. The highest BCUT2D eigenvalue weighted by molar-refractivity contribution is 5.33. The van der Waals surface area contributed by atoms with Crippen LogP contribution >= 0.6 is 0 Å². The highest BCUT2D eigenvalue weighted by Gasteiger charge is 1.98. The summed E-state index contributed by atoms with van der Waals surface area (Å²) in [6.45, 7) is 2.13. The number of isocyanates is 1. The molecule has 1 N–H and O–H groups in total. The van der Waals surface area contributed by atoms with Crippen molar-refractivity contribution < 1.29 is 9.90 Å². The summed E-state index contributed by atoms with van der Waals surface area (Å²) in [5, 5.41) is 8.92. The first kappa shape index (κ1) is 10.3. The smallest absolute Gasteiger partial charge is 0.237 e. The predicted octanol–water partition coefficient (Wildman–Crippen LogP) is 1.61. The Kier molecular flexibility index (Phi) is 7.00. The first-order valence-corrected chi connectivity index (χ1v) is 4.06. The molecule has 3 heteroatoms. The molecule has 3 nitrogen and oxygen atoms in total. The Balaban J connectivity index is 3.17. The van der Waals surface area contributed by atoms with Gasteiger partial charge in [0.05, 0.1) is 0 Å². The van der Waals surface area contributed by atoms with Crippen LogP contribution in [0.3, 0.4) is 0 Å². The van der Waals surface area contributed by atoms with E-state index in [1.54, 1.807) is 0 Å². The van der Waals surface area contributed by atoms with Gasteiger partial charge in [0.1, 0.15) is 0 Å². The minimum atomic E-state index is -0.829. The topological polar surface area (TPSA) is 49.7 Å². The van der Waals surface area contributed by atoms with Crippen LogP contribution < -0.4 is 0 Å². The van der Waals surface area contributed by atoms with Gasteiger partial charge in [-0.2, -0.15) is 4.99 Å². The standard InChI is InChI=1S/C8H15NO2/c1-2-3-4-5-6-8(11)9-7-10/h8,11H,2-6H2,1H3. The minimum absolute atomic E-state index is 0.579. The van der Waals surface area contributed by atoms with E-state index in [1.807, 2.05) is 0 Å². The number of aliphatic hydroxyl groups excluding tert-OH is 1. The number of rotatable bonds is 6. The van der Waals surface area contributed by atoms with Crippen LogP contribution in [0.5, 0.6) is 0 Å². The molecule has 0 aliphatic heterocycles. The quantitative estimate of drug-likeness (QED) is 0.362. The molecule has 0 bridgehead atoms. The molecule has 0 saturated heterocycles. The third-order valence-corrected chi connectivity index (χ3v) is 1.52. The Morgan fingerprint density at radius 3 is 2.73 bits per heavy atom. The summed E-state index contributed by atoms with van der Waals surface area (Å²) in [5.74, 6) is 0. The van der Waals surface area contributed by atoms with Crippen LogP contribution in [0.25, 0.3) is 0 Å². The summed E-state index contributed by atoms with van der Waals surface area (Å²) in [6.07, 6.45) is 5.46. The first-order valence-electron chi connectivity index (χ1n) is 4.06. The van der Waals surface area contributed by atoms with E-state index < -0.39 is 6.23 Å². The highest BCUT2D eigenvalue weighted by atomic mass is 16.3. The summed E-state index contributed by atoms with van der Waals surface area (Å²) in [7, 11) is 0. The van der Waals surface area contributed by atoms with E-state index in [0.717, 1.165) is 12.8 Å². The maximum atomic E-state index is 9.65. The Labute approximate surface area is 67.1 Å². The molecule has 0 aromatic carbocycles. The lowest BCUT2D eigenvalue weighted by atomic mass is 10.1. The lowest BCUT2D eigenvalue weighted by Crippen LogP contribution is -2.00. The van der Waals surface area contributed by atoms with Crippen molar-refractivity contribution in [3.63, 3.8) is 0 Å². The molecule has 1 unspecified atom stereocenters. The zero-order valence-corrected chi connectivity index (χ0v) is 6.92. The largest absolute Gasteiger partial charge is 0.371 e. The molecule has 0 rings (SSSR count). The molecular weight excluding hydrogens is 142 g/mol. The van der Waals surface area contributed by atoms with Gasteiger partial charge in [-0.1, -0.05) is 26.2 Å². The van der Waals surface area contributed by atoms with Gasteiger partial charge in [-0.3, -0.25) is 0 Å². The van der Waals surface area contributed by atoms with Gasteiger partial charge in [0.2, 0.25) is 6.08 Å². The van der Waals surface area contributed by atoms with Gasteiger partial charge in [-0.25, -0.2) is 4.79 Å². The van der Waals surface area contributed by atoms with Crippen molar-refractivity contribution in [1.82, 2.24) is 0 Å². The van der Waals surface area contributed by atoms with E-state index >= 15 is 0 Å². The van der Waals surface area contributed by atoms with Crippen molar-refractivity contribution in [2.45, 2.75) is 45.3 Å². The molecule has 64 valence electrons. The van der Waals surface area contributed by atoms with Gasteiger partial charge < -0.3 is 5.11 Å². The number of unbranched alkanes of at least 4 members (excludes halogenated alkanes) is 3. The fourth-order valence-corrected chi connectivity index (χ4v) is 0.879. The fourth-order valence-electron chi connectivity index (χ4n) is 0.879. The van der Waals surface area contributed by atoms with Gasteiger partial charge in [0.25, 0.3) is 0 Å². The molecule has 0 heterocycles. The summed E-state index contributed by atoms with van der Waals surface area (Å²) in [5.41, 5.74) is 0. The lowest BCUT2D eigenvalue weighted by molar-refractivity contribution is 0.170. The van der Waals surface area contributed by atoms with Crippen LogP contribution in [-0.2, 0) is 4.79 Å². The van der Waals surface area contributed by atoms with E-state index in [4.69, 9.17) is 5.11 Å². The maximum absolute atomic E-state index is 9.65. The second-order valence-corrected chi connectivity index (χ2v) is 2.55. The zero-order chi connectivity index (χ0) is 8.53. The summed E-state index contributed by atoms with van der Waals surface area (Å²) in [4.78, 5) is 12.8. The molecule has 0 aromatic rings. The Bertz CT molecular complexity index is 130. The molecule has 11 heavy (non-hydrogen) atoms. The third kappa shape index (κ3) is 7.23. The van der Waals surface area contributed by atoms with Gasteiger partial charge in [0.15, 0.2) is 6.23 Å². The molecule has 0 radical (unpaired) electrons. The number of carbonyl (C=O) groups excluding carboxylic acids is 1. The second kappa shape index (κ2) is 7.45. The molecule has 0 spiro atoms. The number of aliphatic hydroxyl groups is 1. The Morgan fingerprint density at radius 2 is 2.18 bits per heavy atom. The minimum Gasteiger partial charge on any atom is -0.371 e. The SMILES string of the molecule is CCCCCCC(O)N=C=O. The highest BCUT2D eigenvalue weighted by Crippen LogP contribution is 2.05. The van der Waals surface area contributed by atoms with Gasteiger partial charge >= 0.3 is 0 Å². The molecule has 0 fully saturated rings. The summed E-state index contributed by atoms with van der Waals surface area (Å²) < 4.78 is 0. The Morgan fingerprint density at radius 1 is 1.45 bits per heavy atom. The van der Waals surface area contributed by atoms with Crippen molar-refractivity contribution >= 4 is 6.08 Å². The molecule has 0 saturated carbocycles. The third-order valence-electron chi connectivity index (χ3n) is 1.52. The van der Waals surface area contributed by atoms with Gasteiger partial charge in [0, 0.05) is 0 Å². The molecule has 0 aromatic heterocycles. The summed E-state index contributed by atoms with van der Waals surface area (Å²) >= 11 is 0. The molecule has 1 atom stereocenters. The first-order chi connectivity index (χ1) is 5.31. The number of hydrogen-bond acceptors (Lipinski definition) is 3. The van der Waals surface area contributed by atoms with Crippen molar-refractivity contribution in [2.24, 2.45) is 4.99 Å². The van der Waals surface area contributed by atoms with E-state index in [2.05, 4.69) is 11.9 Å².